The summed E-state index contributed by atoms with van der Waals surface area (Å²) >= 11 is 2.28. The highest BCUT2D eigenvalue weighted by Crippen LogP contribution is 2.52. The zero-order valence-corrected chi connectivity index (χ0v) is 20.7. The predicted molar refractivity (Wildman–Crippen MR) is 131 cm³/mol. The van der Waals surface area contributed by atoms with Crippen molar-refractivity contribution in [3.05, 3.63) is 39.0 Å². The molecule has 0 aromatic carbocycles. The van der Waals surface area contributed by atoms with Crippen LogP contribution >= 0.6 is 22.6 Å². The average Bonchev–Trinajstić information content (AvgIpc) is 3.37. The fourth-order valence-electron chi connectivity index (χ4n) is 4.96. The van der Waals surface area contributed by atoms with Crippen molar-refractivity contribution in [3.63, 3.8) is 0 Å². The first-order valence-electron chi connectivity index (χ1n) is 11.6. The summed E-state index contributed by atoms with van der Waals surface area (Å²) in [6.07, 6.45) is 6.61. The first-order chi connectivity index (χ1) is 16.1. The molecule has 1 aliphatic carbocycles. The van der Waals surface area contributed by atoms with Crippen molar-refractivity contribution in [2.24, 2.45) is 0 Å². The van der Waals surface area contributed by atoms with Gasteiger partial charge in [-0.15, -0.1) is 5.10 Å². The summed E-state index contributed by atoms with van der Waals surface area (Å²) in [5.74, 6) is 1.61. The molecule has 3 fully saturated rings. The highest BCUT2D eigenvalue weighted by molar-refractivity contribution is 14.1. The van der Waals surface area contributed by atoms with Crippen LogP contribution in [-0.4, -0.2) is 56.8 Å². The number of nitrogens with zero attached hydrogens (tertiary/aromatic N) is 7. The average molecular weight is 559 g/mol. The van der Waals surface area contributed by atoms with E-state index in [1.807, 2.05) is 15.3 Å². The maximum atomic E-state index is 7.93. The standard InChI is InChI=1S/C23H26IN7O2/c1-15-14-32-12-10-29(15)18-13-16(23(25-2)7-8-23)20-21(24)27-22(31(20)28-18)17-6-9-26-30(17)19-5-3-4-11-33-19/h6,9,13,15,19H,3-5,7-8,10-12,14H2,1H3/t15-,19?/m1/s1. The lowest BCUT2D eigenvalue weighted by atomic mass is 10.1. The highest BCUT2D eigenvalue weighted by Gasteiger charge is 2.55. The smallest absolute Gasteiger partial charge is 0.260 e. The number of imidazole rings is 1. The Hall–Kier alpha value is -2.23. The van der Waals surface area contributed by atoms with E-state index in [4.69, 9.17) is 26.1 Å². The maximum absolute atomic E-state index is 7.93. The summed E-state index contributed by atoms with van der Waals surface area (Å²) in [7, 11) is 0. The predicted octanol–water partition coefficient (Wildman–Crippen LogP) is 4.03. The van der Waals surface area contributed by atoms with E-state index in [0.29, 0.717) is 13.2 Å². The molecule has 9 nitrogen and oxygen atoms in total. The molecule has 2 atom stereocenters. The van der Waals surface area contributed by atoms with Crippen LogP contribution < -0.4 is 4.90 Å². The molecule has 0 bridgehead atoms. The van der Waals surface area contributed by atoms with Gasteiger partial charge < -0.3 is 19.2 Å². The van der Waals surface area contributed by atoms with Gasteiger partial charge in [0.2, 0.25) is 0 Å². The monoisotopic (exact) mass is 559 g/mol. The molecule has 172 valence electrons. The molecular weight excluding hydrogens is 533 g/mol. The van der Waals surface area contributed by atoms with Crippen LogP contribution in [0, 0.1) is 10.3 Å². The van der Waals surface area contributed by atoms with Crippen LogP contribution in [0.2, 0.25) is 0 Å². The van der Waals surface area contributed by atoms with E-state index in [1.54, 1.807) is 6.20 Å². The first kappa shape index (κ1) is 21.3. The number of hydrogen-bond donors (Lipinski definition) is 0. The largest absolute Gasteiger partial charge is 0.377 e. The number of halogens is 1. The molecule has 2 saturated heterocycles. The Kier molecular flexibility index (Phi) is 5.31. The number of rotatable bonds is 4. The minimum atomic E-state index is -0.474. The molecule has 3 aromatic heterocycles. The van der Waals surface area contributed by atoms with Crippen molar-refractivity contribution in [3.8, 4) is 11.5 Å². The Morgan fingerprint density at radius 1 is 1.27 bits per heavy atom. The lowest BCUT2D eigenvalue weighted by Crippen LogP contribution is -2.44. The van der Waals surface area contributed by atoms with Gasteiger partial charge in [-0.25, -0.2) is 20.8 Å². The maximum Gasteiger partial charge on any atom is 0.260 e. The molecule has 10 heteroatoms. The van der Waals surface area contributed by atoms with E-state index in [9.17, 15) is 0 Å². The molecule has 3 aliphatic rings. The Morgan fingerprint density at radius 2 is 2.15 bits per heavy atom. The molecular formula is C23H26IN7O2. The van der Waals surface area contributed by atoms with Crippen molar-refractivity contribution in [2.45, 2.75) is 56.8 Å². The number of hydrogen-bond acceptors (Lipinski definition) is 6. The Labute approximate surface area is 206 Å². The van der Waals surface area contributed by atoms with E-state index in [-0.39, 0.29) is 12.3 Å². The molecule has 0 spiro atoms. The lowest BCUT2D eigenvalue weighted by Gasteiger charge is -2.34. The van der Waals surface area contributed by atoms with Gasteiger partial charge in [0, 0.05) is 32.2 Å². The van der Waals surface area contributed by atoms with Gasteiger partial charge in [0.25, 0.3) is 5.54 Å². The van der Waals surface area contributed by atoms with Crippen LogP contribution in [0.1, 0.15) is 50.8 Å². The zero-order valence-electron chi connectivity index (χ0n) is 18.6. The van der Waals surface area contributed by atoms with Crippen LogP contribution in [0.3, 0.4) is 0 Å². The molecule has 3 aromatic rings. The fraction of sp³-hybridized carbons (Fsp3) is 0.565. The van der Waals surface area contributed by atoms with Gasteiger partial charge in [0.1, 0.15) is 14.9 Å². The SMILES string of the molecule is [C-]#[N+]C1(c2cc(N3CCOC[C@H]3C)nn3c(-c4ccnn4C4CCCCO4)nc(I)c23)CC1. The minimum Gasteiger partial charge on any atom is -0.377 e. The van der Waals surface area contributed by atoms with Crippen LogP contribution in [0.4, 0.5) is 5.82 Å². The van der Waals surface area contributed by atoms with Crippen molar-refractivity contribution in [1.82, 2.24) is 24.4 Å². The normalized spacial score (nSPS) is 24.7. The fourth-order valence-corrected chi connectivity index (χ4v) is 5.71. The van der Waals surface area contributed by atoms with Crippen LogP contribution in [-0.2, 0) is 15.0 Å². The van der Waals surface area contributed by atoms with Gasteiger partial charge in [0.15, 0.2) is 17.9 Å². The third-order valence-corrected chi connectivity index (χ3v) is 7.72. The minimum absolute atomic E-state index is 0.0892. The number of anilines is 1. The quantitative estimate of drug-likeness (QED) is 0.355. The Balaban J connectivity index is 1.55. The third kappa shape index (κ3) is 3.52. The van der Waals surface area contributed by atoms with Gasteiger partial charge in [-0.1, -0.05) is 0 Å². The van der Waals surface area contributed by atoms with Crippen molar-refractivity contribution in [1.29, 1.82) is 0 Å². The molecule has 0 N–H and O–H groups in total. The molecule has 1 saturated carbocycles. The molecule has 2 aliphatic heterocycles. The van der Waals surface area contributed by atoms with Gasteiger partial charge >= 0.3 is 0 Å². The van der Waals surface area contributed by atoms with Gasteiger partial charge in [-0.3, -0.25) is 0 Å². The Bertz CT molecular complexity index is 1240. The van der Waals surface area contributed by atoms with E-state index >= 15 is 0 Å². The second-order valence-corrected chi connectivity index (χ2v) is 10.2. The summed E-state index contributed by atoms with van der Waals surface area (Å²) in [5, 5.41) is 9.67. The van der Waals surface area contributed by atoms with E-state index < -0.39 is 5.54 Å². The van der Waals surface area contributed by atoms with Crippen molar-refractivity contribution >= 4 is 33.9 Å². The molecule has 0 radical (unpaired) electrons. The number of morpholine rings is 1. The van der Waals surface area contributed by atoms with Crippen molar-refractivity contribution < 1.29 is 9.47 Å². The third-order valence-electron chi connectivity index (χ3n) is 6.97. The Morgan fingerprint density at radius 3 is 2.88 bits per heavy atom. The summed E-state index contributed by atoms with van der Waals surface area (Å²) < 4.78 is 16.4. The van der Waals surface area contributed by atoms with Gasteiger partial charge in [-0.2, -0.15) is 5.10 Å². The topological polar surface area (TPSA) is 74.1 Å². The highest BCUT2D eigenvalue weighted by atomic mass is 127. The molecule has 33 heavy (non-hydrogen) atoms. The molecule has 6 rings (SSSR count). The second-order valence-electron chi connectivity index (χ2n) is 9.15. The van der Waals surface area contributed by atoms with E-state index in [1.165, 1.54) is 0 Å². The zero-order chi connectivity index (χ0) is 22.6. The van der Waals surface area contributed by atoms with E-state index in [2.05, 4.69) is 50.4 Å². The van der Waals surface area contributed by atoms with Gasteiger partial charge in [0.05, 0.1) is 24.8 Å². The lowest BCUT2D eigenvalue weighted by molar-refractivity contribution is -0.0384. The number of aromatic nitrogens is 5. The van der Waals surface area contributed by atoms with E-state index in [0.717, 1.165) is 77.4 Å². The van der Waals surface area contributed by atoms with Gasteiger partial charge in [-0.05, 0) is 60.9 Å². The summed E-state index contributed by atoms with van der Waals surface area (Å²) in [6.45, 7) is 13.0. The molecule has 1 unspecified atom stereocenters. The molecule has 5 heterocycles. The van der Waals surface area contributed by atoms with Crippen molar-refractivity contribution in [2.75, 3.05) is 31.3 Å². The summed E-state index contributed by atoms with van der Waals surface area (Å²) in [6, 6.07) is 4.32. The first-order valence-corrected chi connectivity index (χ1v) is 12.7. The summed E-state index contributed by atoms with van der Waals surface area (Å²) in [5.41, 5.74) is 2.38. The number of fused-ring (bicyclic) bond motifs is 1. The molecule has 0 amide bonds. The summed E-state index contributed by atoms with van der Waals surface area (Å²) in [4.78, 5) is 11.3. The second kappa shape index (κ2) is 8.21. The van der Waals surface area contributed by atoms with Crippen LogP contribution in [0.15, 0.2) is 18.3 Å². The van der Waals surface area contributed by atoms with Crippen LogP contribution in [0.5, 0.6) is 0 Å². The number of ether oxygens (including phenoxy) is 2. The van der Waals surface area contributed by atoms with Crippen LogP contribution in [0.25, 0.3) is 21.9 Å².